The second-order valence-electron chi connectivity index (χ2n) is 4.61. The molecule has 0 aliphatic carbocycles. The maximum Gasteiger partial charge on any atom is 0.351 e. The van der Waals surface area contributed by atoms with Crippen LogP contribution in [0.15, 0.2) is 11.0 Å². The van der Waals surface area contributed by atoms with Gasteiger partial charge in [-0.05, 0) is 12.8 Å². The molecule has 17 heavy (non-hydrogen) atoms. The van der Waals surface area contributed by atoms with Crippen molar-refractivity contribution < 1.29 is 9.13 Å². The van der Waals surface area contributed by atoms with Crippen LogP contribution in [-0.2, 0) is 4.74 Å². The van der Waals surface area contributed by atoms with Crippen LogP contribution in [0.5, 0.6) is 0 Å². The number of nitrogens with zero attached hydrogens (tertiary/aromatic N) is 2. The third kappa shape index (κ3) is 1.93. The molecule has 0 spiro atoms. The number of hydrogen-bond donors (Lipinski definition) is 1. The van der Waals surface area contributed by atoms with Crippen LogP contribution in [0, 0.1) is 17.7 Å². The van der Waals surface area contributed by atoms with Gasteiger partial charge >= 0.3 is 5.69 Å². The summed E-state index contributed by atoms with van der Waals surface area (Å²) in [6.07, 6.45) is 0.619. The molecule has 1 aliphatic heterocycles. The van der Waals surface area contributed by atoms with Gasteiger partial charge in [0.25, 0.3) is 0 Å². The minimum absolute atomic E-state index is 0.0301. The fourth-order valence-electron chi connectivity index (χ4n) is 2.11. The van der Waals surface area contributed by atoms with Crippen LogP contribution >= 0.6 is 0 Å². The van der Waals surface area contributed by atoms with Crippen LogP contribution in [0.3, 0.4) is 0 Å². The van der Waals surface area contributed by atoms with Crippen molar-refractivity contribution in [1.82, 2.24) is 9.55 Å². The fourth-order valence-corrected chi connectivity index (χ4v) is 2.11. The summed E-state index contributed by atoms with van der Waals surface area (Å²) < 4.78 is 20.2. The molecule has 6 heteroatoms. The summed E-state index contributed by atoms with van der Waals surface area (Å²) in [5.74, 6) is -0.661. The zero-order valence-corrected chi connectivity index (χ0v) is 10.1. The predicted molar refractivity (Wildman–Crippen MR) is 60.8 cm³/mol. The monoisotopic (exact) mass is 241 g/mol. The van der Waals surface area contributed by atoms with E-state index in [-0.39, 0.29) is 17.8 Å². The van der Waals surface area contributed by atoms with Crippen LogP contribution in [0.1, 0.15) is 27.0 Å². The molecule has 0 amide bonds. The van der Waals surface area contributed by atoms with Crippen molar-refractivity contribution in [3.05, 3.63) is 22.5 Å². The van der Waals surface area contributed by atoms with Crippen molar-refractivity contribution in [1.29, 1.82) is 0 Å². The molecule has 0 aromatic carbocycles. The topological polar surface area (TPSA) is 70.1 Å². The Hall–Kier alpha value is -1.43. The summed E-state index contributed by atoms with van der Waals surface area (Å²) >= 11 is 0. The lowest BCUT2D eigenvalue weighted by molar-refractivity contribution is -0.00803. The molecule has 0 radical (unpaired) electrons. The first-order chi connectivity index (χ1) is 7.91. The lowest BCUT2D eigenvalue weighted by atomic mass is 9.93. The van der Waals surface area contributed by atoms with Crippen molar-refractivity contribution in [3.63, 3.8) is 0 Å². The normalized spacial score (nSPS) is 32.9. The Bertz CT molecular complexity index is 488. The smallest absolute Gasteiger partial charge is 0.351 e. The number of ether oxygens (including phenoxy) is 1. The molecular weight excluding hydrogens is 225 g/mol. The molecular formula is C11H16FN3O2. The highest BCUT2D eigenvalue weighted by molar-refractivity contribution is 5.26. The van der Waals surface area contributed by atoms with E-state index in [1.807, 2.05) is 20.8 Å². The Morgan fingerprint density at radius 1 is 1.41 bits per heavy atom. The molecule has 0 saturated carbocycles. The van der Waals surface area contributed by atoms with Crippen LogP contribution in [0.4, 0.5) is 10.2 Å². The summed E-state index contributed by atoms with van der Waals surface area (Å²) in [7, 11) is 0. The highest BCUT2D eigenvalue weighted by atomic mass is 19.1. The van der Waals surface area contributed by atoms with Crippen molar-refractivity contribution in [2.24, 2.45) is 11.8 Å². The number of anilines is 1. The van der Waals surface area contributed by atoms with Crippen molar-refractivity contribution in [3.8, 4) is 0 Å². The second-order valence-corrected chi connectivity index (χ2v) is 4.61. The SMILES string of the molecule is C[C@@H]1[C@H](C)[C@@H](C)O[C@H]1n1cc(F)c(N)nc1=O. The lowest BCUT2D eigenvalue weighted by Gasteiger charge is -2.18. The van der Waals surface area contributed by atoms with Gasteiger partial charge in [0.05, 0.1) is 12.3 Å². The standard InChI is InChI=1S/C11H16FN3O2/c1-5-6(2)10(17-7(5)3)15-4-8(12)9(13)14-11(15)16/h4-7,10H,1-3H3,(H2,13,14,16)/t5-,6+,7+,10+/m0/s1. The Kier molecular flexibility index (Phi) is 2.91. The summed E-state index contributed by atoms with van der Waals surface area (Å²) in [6, 6.07) is 0. The largest absolute Gasteiger partial charge is 0.381 e. The lowest BCUT2D eigenvalue weighted by Crippen LogP contribution is -2.30. The molecule has 1 aliphatic rings. The van der Waals surface area contributed by atoms with Gasteiger partial charge in [-0.2, -0.15) is 4.98 Å². The van der Waals surface area contributed by atoms with E-state index >= 15 is 0 Å². The average Bonchev–Trinajstić information content (AvgIpc) is 2.51. The summed E-state index contributed by atoms with van der Waals surface area (Å²) in [5, 5.41) is 0. The van der Waals surface area contributed by atoms with Crippen molar-refractivity contribution in [2.75, 3.05) is 5.73 Å². The van der Waals surface area contributed by atoms with Gasteiger partial charge in [-0.3, -0.25) is 4.57 Å². The number of hydrogen-bond acceptors (Lipinski definition) is 4. The van der Waals surface area contributed by atoms with E-state index < -0.39 is 17.7 Å². The average molecular weight is 241 g/mol. The van der Waals surface area contributed by atoms with Crippen LogP contribution in [0.2, 0.25) is 0 Å². The molecule has 0 bridgehead atoms. The summed E-state index contributed by atoms with van der Waals surface area (Å²) in [4.78, 5) is 15.1. The van der Waals surface area contributed by atoms with Gasteiger partial charge in [0.2, 0.25) is 0 Å². The third-order valence-electron chi connectivity index (χ3n) is 3.58. The molecule has 4 atom stereocenters. The van der Waals surface area contributed by atoms with E-state index in [1.165, 1.54) is 4.57 Å². The summed E-state index contributed by atoms with van der Waals surface area (Å²) in [5.41, 5.74) is 4.66. The van der Waals surface area contributed by atoms with Crippen LogP contribution < -0.4 is 11.4 Å². The molecule has 1 saturated heterocycles. The minimum Gasteiger partial charge on any atom is -0.381 e. The molecule has 94 valence electrons. The quantitative estimate of drug-likeness (QED) is 0.800. The van der Waals surface area contributed by atoms with Gasteiger partial charge in [-0.25, -0.2) is 9.18 Å². The highest BCUT2D eigenvalue weighted by Crippen LogP contribution is 2.37. The van der Waals surface area contributed by atoms with Gasteiger partial charge in [-0.15, -0.1) is 0 Å². The van der Waals surface area contributed by atoms with Crippen molar-refractivity contribution >= 4 is 5.82 Å². The predicted octanol–water partition coefficient (Wildman–Crippen LogP) is 1.15. The Morgan fingerprint density at radius 2 is 2.06 bits per heavy atom. The van der Waals surface area contributed by atoms with Gasteiger partial charge < -0.3 is 10.5 Å². The van der Waals surface area contributed by atoms with Gasteiger partial charge in [0.15, 0.2) is 11.6 Å². The van der Waals surface area contributed by atoms with E-state index in [4.69, 9.17) is 10.5 Å². The van der Waals surface area contributed by atoms with Gasteiger partial charge in [-0.1, -0.05) is 13.8 Å². The zero-order chi connectivity index (χ0) is 12.7. The first-order valence-corrected chi connectivity index (χ1v) is 5.61. The Labute approximate surface area is 98.4 Å². The first-order valence-electron chi connectivity index (χ1n) is 5.61. The van der Waals surface area contributed by atoms with Crippen LogP contribution in [0.25, 0.3) is 0 Å². The van der Waals surface area contributed by atoms with Gasteiger partial charge in [0, 0.05) is 5.92 Å². The maximum absolute atomic E-state index is 13.3. The fraction of sp³-hybridized carbons (Fsp3) is 0.636. The van der Waals surface area contributed by atoms with E-state index in [0.29, 0.717) is 5.92 Å². The molecule has 1 aromatic rings. The number of nitrogen functional groups attached to an aromatic ring is 1. The zero-order valence-electron chi connectivity index (χ0n) is 10.1. The highest BCUT2D eigenvalue weighted by Gasteiger charge is 2.38. The maximum atomic E-state index is 13.3. The number of rotatable bonds is 1. The minimum atomic E-state index is -0.701. The molecule has 1 aromatic heterocycles. The first kappa shape index (κ1) is 12.0. The molecule has 2 N–H and O–H groups in total. The Balaban J connectivity index is 2.42. The number of aromatic nitrogens is 2. The molecule has 2 heterocycles. The van der Waals surface area contributed by atoms with E-state index in [0.717, 1.165) is 6.20 Å². The van der Waals surface area contributed by atoms with Gasteiger partial charge in [0.1, 0.15) is 6.23 Å². The molecule has 2 rings (SSSR count). The molecule has 1 fully saturated rings. The van der Waals surface area contributed by atoms with E-state index in [1.54, 1.807) is 0 Å². The molecule has 0 unspecified atom stereocenters. The molecule has 5 nitrogen and oxygen atoms in total. The number of halogens is 1. The van der Waals surface area contributed by atoms with Crippen molar-refractivity contribution in [2.45, 2.75) is 33.1 Å². The summed E-state index contributed by atoms with van der Waals surface area (Å²) in [6.45, 7) is 5.95. The third-order valence-corrected chi connectivity index (χ3v) is 3.58. The van der Waals surface area contributed by atoms with Crippen LogP contribution in [-0.4, -0.2) is 15.7 Å². The van der Waals surface area contributed by atoms with E-state index in [2.05, 4.69) is 4.98 Å². The van der Waals surface area contributed by atoms with E-state index in [9.17, 15) is 9.18 Å². The second kappa shape index (κ2) is 4.10. The number of nitrogens with two attached hydrogens (primary N) is 1. The Morgan fingerprint density at radius 3 is 2.59 bits per heavy atom.